The lowest BCUT2D eigenvalue weighted by Crippen LogP contribution is -2.29. The molecule has 146 valence electrons. The highest BCUT2D eigenvalue weighted by Crippen LogP contribution is 2.50. The Morgan fingerprint density at radius 3 is 2.45 bits per heavy atom. The minimum atomic E-state index is 0.330. The molecule has 2 nitrogen and oxygen atoms in total. The van der Waals surface area contributed by atoms with Gasteiger partial charge in [-0.25, -0.2) is 0 Å². The van der Waals surface area contributed by atoms with Crippen molar-refractivity contribution >= 4 is 5.69 Å². The van der Waals surface area contributed by atoms with Crippen LogP contribution in [0, 0.1) is 19.8 Å². The Morgan fingerprint density at radius 2 is 1.66 bits per heavy atom. The highest BCUT2D eigenvalue weighted by Gasteiger charge is 2.37. The van der Waals surface area contributed by atoms with E-state index in [2.05, 4.69) is 98.0 Å². The number of allylic oxidation sites excluding steroid dienone is 2. The van der Waals surface area contributed by atoms with Crippen molar-refractivity contribution < 1.29 is 4.74 Å². The minimum absolute atomic E-state index is 0.330. The summed E-state index contributed by atoms with van der Waals surface area (Å²) in [6.07, 6.45) is 5.87. The maximum absolute atomic E-state index is 6.00. The number of anilines is 1. The highest BCUT2D eigenvalue weighted by atomic mass is 16.5. The molecule has 2 aliphatic rings. The fraction of sp³-hybridized carbons (Fsp3) is 0.259. The molecule has 0 amide bonds. The van der Waals surface area contributed by atoms with Crippen LogP contribution < -0.4 is 10.1 Å². The van der Waals surface area contributed by atoms with Gasteiger partial charge in [-0.05, 0) is 61.1 Å². The van der Waals surface area contributed by atoms with Gasteiger partial charge in [-0.2, -0.15) is 0 Å². The number of aryl methyl sites for hydroxylation is 2. The molecular weight excluding hydrogens is 354 g/mol. The Balaban J connectivity index is 1.33. The zero-order valence-electron chi connectivity index (χ0n) is 17.1. The zero-order chi connectivity index (χ0) is 19.8. The zero-order valence-corrected chi connectivity index (χ0v) is 17.1. The monoisotopic (exact) mass is 381 g/mol. The summed E-state index contributed by atoms with van der Waals surface area (Å²) in [6, 6.07) is 24.3. The summed E-state index contributed by atoms with van der Waals surface area (Å²) in [5, 5.41) is 3.81. The van der Waals surface area contributed by atoms with Crippen molar-refractivity contribution in [2.24, 2.45) is 5.92 Å². The van der Waals surface area contributed by atoms with Gasteiger partial charge in [0.1, 0.15) is 12.4 Å². The molecule has 2 heteroatoms. The predicted octanol–water partition coefficient (Wildman–Crippen LogP) is 6.71. The van der Waals surface area contributed by atoms with Crippen LogP contribution in [0.4, 0.5) is 5.69 Å². The summed E-state index contributed by atoms with van der Waals surface area (Å²) in [5.74, 6) is 2.00. The van der Waals surface area contributed by atoms with E-state index < -0.39 is 0 Å². The summed E-state index contributed by atoms with van der Waals surface area (Å²) in [5.41, 5.74) is 7.84. The molecule has 1 aliphatic carbocycles. The van der Waals surface area contributed by atoms with E-state index in [-0.39, 0.29) is 0 Å². The van der Waals surface area contributed by atoms with Gasteiger partial charge >= 0.3 is 0 Å². The molecule has 0 fully saturated rings. The van der Waals surface area contributed by atoms with Crippen molar-refractivity contribution in [3.05, 3.63) is 107 Å². The molecule has 3 aromatic rings. The first-order chi connectivity index (χ1) is 14.2. The number of nitrogens with one attached hydrogen (secondary N) is 1. The summed E-state index contributed by atoms with van der Waals surface area (Å²) < 4.78 is 6.00. The van der Waals surface area contributed by atoms with Gasteiger partial charge in [0.05, 0.1) is 6.04 Å². The third-order valence-corrected chi connectivity index (χ3v) is 6.28. The lowest BCUT2D eigenvalue weighted by Gasteiger charge is -2.37. The first-order valence-corrected chi connectivity index (χ1v) is 10.5. The van der Waals surface area contributed by atoms with Gasteiger partial charge in [-0.1, -0.05) is 71.8 Å². The third kappa shape index (κ3) is 3.55. The molecule has 0 aromatic heterocycles. The molecule has 3 aromatic carbocycles. The lowest BCUT2D eigenvalue weighted by molar-refractivity contribution is 0.306. The fourth-order valence-corrected chi connectivity index (χ4v) is 4.67. The molecule has 1 N–H and O–H groups in total. The van der Waals surface area contributed by atoms with Crippen molar-refractivity contribution in [3.63, 3.8) is 0 Å². The summed E-state index contributed by atoms with van der Waals surface area (Å²) >= 11 is 0. The quantitative estimate of drug-likeness (QED) is 0.507. The van der Waals surface area contributed by atoms with Crippen LogP contribution in [0.1, 0.15) is 46.2 Å². The van der Waals surface area contributed by atoms with Crippen molar-refractivity contribution in [3.8, 4) is 5.75 Å². The lowest BCUT2D eigenvalue weighted by atomic mass is 9.76. The molecule has 0 unspecified atom stereocenters. The third-order valence-electron chi connectivity index (χ3n) is 6.28. The fourth-order valence-electron chi connectivity index (χ4n) is 4.67. The average molecular weight is 382 g/mol. The molecule has 0 saturated carbocycles. The van der Waals surface area contributed by atoms with E-state index in [4.69, 9.17) is 4.74 Å². The second-order valence-corrected chi connectivity index (χ2v) is 8.41. The van der Waals surface area contributed by atoms with Crippen LogP contribution in [0.25, 0.3) is 0 Å². The minimum Gasteiger partial charge on any atom is -0.489 e. The second kappa shape index (κ2) is 7.44. The van der Waals surface area contributed by atoms with Gasteiger partial charge in [0.15, 0.2) is 0 Å². The Bertz CT molecular complexity index is 1030. The van der Waals surface area contributed by atoms with Crippen molar-refractivity contribution in [1.29, 1.82) is 0 Å². The van der Waals surface area contributed by atoms with E-state index in [0.717, 1.165) is 12.2 Å². The van der Waals surface area contributed by atoms with E-state index in [1.807, 2.05) is 0 Å². The van der Waals surface area contributed by atoms with Crippen LogP contribution in [-0.4, -0.2) is 0 Å². The van der Waals surface area contributed by atoms with Crippen LogP contribution in [0.3, 0.4) is 0 Å². The van der Waals surface area contributed by atoms with Gasteiger partial charge in [-0.15, -0.1) is 0 Å². The van der Waals surface area contributed by atoms with Crippen molar-refractivity contribution in [2.45, 2.75) is 38.8 Å². The molecule has 5 rings (SSSR count). The molecule has 3 atom stereocenters. The van der Waals surface area contributed by atoms with Gasteiger partial charge in [0.2, 0.25) is 0 Å². The van der Waals surface area contributed by atoms with E-state index in [1.54, 1.807) is 0 Å². The smallest absolute Gasteiger partial charge is 0.119 e. The predicted molar refractivity (Wildman–Crippen MR) is 119 cm³/mol. The number of hydrogen-bond acceptors (Lipinski definition) is 2. The maximum Gasteiger partial charge on any atom is 0.119 e. The van der Waals surface area contributed by atoms with Crippen molar-refractivity contribution in [2.75, 3.05) is 5.32 Å². The number of benzene rings is 3. The first-order valence-electron chi connectivity index (χ1n) is 10.5. The maximum atomic E-state index is 6.00. The van der Waals surface area contributed by atoms with Crippen LogP contribution in [0.5, 0.6) is 5.75 Å². The molecule has 0 spiro atoms. The summed E-state index contributed by atoms with van der Waals surface area (Å²) in [7, 11) is 0. The highest BCUT2D eigenvalue weighted by molar-refractivity contribution is 5.60. The van der Waals surface area contributed by atoms with E-state index >= 15 is 0 Å². The molecular formula is C27H27NO. The Kier molecular flexibility index (Phi) is 4.63. The Morgan fingerprint density at radius 1 is 0.897 bits per heavy atom. The standard InChI is InChI=1S/C27H27NO/c1-18-6-9-20(10-7-18)17-29-22-13-11-21(12-14-22)27-24-5-3-4-23(24)25-16-19(2)8-15-26(25)28-27/h3-4,6-16,23-24,27-28H,5,17H2,1-2H3/t23-,24+,27+/m1/s1. The van der Waals surface area contributed by atoms with E-state index in [0.29, 0.717) is 24.5 Å². The van der Waals surface area contributed by atoms with Gasteiger partial charge < -0.3 is 10.1 Å². The van der Waals surface area contributed by atoms with Crippen LogP contribution in [0.2, 0.25) is 0 Å². The average Bonchev–Trinajstić information content (AvgIpc) is 3.24. The Hall–Kier alpha value is -3.00. The number of fused-ring (bicyclic) bond motifs is 3. The van der Waals surface area contributed by atoms with Gasteiger partial charge in [0.25, 0.3) is 0 Å². The normalized spacial score (nSPS) is 21.9. The molecule has 29 heavy (non-hydrogen) atoms. The van der Waals surface area contributed by atoms with Gasteiger partial charge in [0, 0.05) is 11.6 Å². The summed E-state index contributed by atoms with van der Waals surface area (Å²) in [6.45, 7) is 4.88. The molecule has 1 heterocycles. The number of ether oxygens (including phenoxy) is 1. The Labute approximate surface area is 173 Å². The van der Waals surface area contributed by atoms with Crippen molar-refractivity contribution in [1.82, 2.24) is 0 Å². The topological polar surface area (TPSA) is 21.3 Å². The van der Waals surface area contributed by atoms with Gasteiger partial charge in [-0.3, -0.25) is 0 Å². The van der Waals surface area contributed by atoms with E-state index in [1.165, 1.54) is 33.5 Å². The number of rotatable bonds is 4. The summed E-state index contributed by atoms with van der Waals surface area (Å²) in [4.78, 5) is 0. The SMILES string of the molecule is Cc1ccc(COc2ccc([C@@H]3Nc4ccc(C)cc4[C@@H]4C=CC[C@@H]43)cc2)cc1. The molecule has 0 radical (unpaired) electrons. The molecule has 0 saturated heterocycles. The second-order valence-electron chi connectivity index (χ2n) is 8.41. The largest absolute Gasteiger partial charge is 0.489 e. The molecule has 0 bridgehead atoms. The van der Waals surface area contributed by atoms with E-state index in [9.17, 15) is 0 Å². The van der Waals surface area contributed by atoms with Crippen LogP contribution >= 0.6 is 0 Å². The first kappa shape index (κ1) is 18.1. The molecule has 1 aliphatic heterocycles. The van der Waals surface area contributed by atoms with Crippen LogP contribution in [0.15, 0.2) is 78.9 Å². The number of hydrogen-bond donors (Lipinski definition) is 1. The van der Waals surface area contributed by atoms with Crippen LogP contribution in [-0.2, 0) is 6.61 Å².